The van der Waals surface area contributed by atoms with E-state index in [1.807, 2.05) is 31.2 Å². The third-order valence-corrected chi connectivity index (χ3v) is 4.78. The first-order chi connectivity index (χ1) is 9.57. The first-order valence-corrected chi connectivity index (χ1v) is 7.46. The van der Waals surface area contributed by atoms with Gasteiger partial charge in [-0.25, -0.2) is 4.98 Å². The molecular weight excluding hydrogens is 296 g/mol. The van der Waals surface area contributed by atoms with Crippen molar-refractivity contribution in [2.45, 2.75) is 25.4 Å². The summed E-state index contributed by atoms with van der Waals surface area (Å²) in [6.07, 6.45) is 2.91. The highest BCUT2D eigenvalue weighted by atomic mass is 35.5. The van der Waals surface area contributed by atoms with Gasteiger partial charge < -0.3 is 10.1 Å². The van der Waals surface area contributed by atoms with Crippen LogP contribution in [0.2, 0.25) is 5.02 Å². The van der Waals surface area contributed by atoms with E-state index in [0.29, 0.717) is 17.9 Å². The number of hydrogen-bond donors (Lipinski definition) is 1. The number of aromatic nitrogens is 1. The van der Waals surface area contributed by atoms with Crippen LogP contribution >= 0.6 is 22.9 Å². The maximum atomic E-state index is 11.3. The molecule has 6 heteroatoms. The number of anilines is 2. The van der Waals surface area contributed by atoms with Crippen LogP contribution in [-0.2, 0) is 15.1 Å². The Morgan fingerprint density at radius 2 is 2.25 bits per heavy atom. The molecule has 4 nitrogen and oxygen atoms in total. The topological polar surface area (TPSA) is 51.2 Å². The average Bonchev–Trinajstić information content (AvgIpc) is 3.01. The fourth-order valence-electron chi connectivity index (χ4n) is 2.12. The molecule has 0 amide bonds. The molecule has 1 aliphatic heterocycles. The van der Waals surface area contributed by atoms with Crippen molar-refractivity contribution in [1.29, 1.82) is 0 Å². The predicted molar refractivity (Wildman–Crippen MR) is 79.5 cm³/mol. The number of benzene rings is 1. The van der Waals surface area contributed by atoms with E-state index in [4.69, 9.17) is 16.3 Å². The Kier molecular flexibility index (Phi) is 3.40. The van der Waals surface area contributed by atoms with E-state index in [1.54, 1.807) is 6.20 Å². The number of cyclic esters (lactones) is 1. The van der Waals surface area contributed by atoms with Gasteiger partial charge in [0.1, 0.15) is 5.60 Å². The number of para-hydroxylation sites is 1. The van der Waals surface area contributed by atoms with E-state index in [0.717, 1.165) is 15.7 Å². The molecule has 0 radical (unpaired) electrons. The number of nitrogens with one attached hydrogen (secondary N) is 1. The van der Waals surface area contributed by atoms with Crippen LogP contribution in [0.4, 0.5) is 10.8 Å². The molecule has 1 fully saturated rings. The number of rotatable bonds is 3. The van der Waals surface area contributed by atoms with Crippen LogP contribution in [-0.4, -0.2) is 11.0 Å². The van der Waals surface area contributed by atoms with Gasteiger partial charge in [0.2, 0.25) is 0 Å². The van der Waals surface area contributed by atoms with Gasteiger partial charge in [-0.05, 0) is 19.1 Å². The lowest BCUT2D eigenvalue weighted by atomic mass is 10.0. The van der Waals surface area contributed by atoms with Crippen molar-refractivity contribution in [3.63, 3.8) is 0 Å². The zero-order valence-corrected chi connectivity index (χ0v) is 12.4. The highest BCUT2D eigenvalue weighted by molar-refractivity contribution is 7.15. The summed E-state index contributed by atoms with van der Waals surface area (Å²) < 4.78 is 5.40. The van der Waals surface area contributed by atoms with Crippen molar-refractivity contribution >= 4 is 39.7 Å². The van der Waals surface area contributed by atoms with E-state index < -0.39 is 5.60 Å². The smallest absolute Gasteiger partial charge is 0.306 e. The molecular formula is C14H13ClN2O2S. The second-order valence-corrected chi connectivity index (χ2v) is 6.28. The average molecular weight is 309 g/mol. The second kappa shape index (κ2) is 5.07. The quantitative estimate of drug-likeness (QED) is 0.868. The molecule has 1 aromatic heterocycles. The third kappa shape index (κ3) is 2.51. The van der Waals surface area contributed by atoms with Crippen molar-refractivity contribution in [1.82, 2.24) is 4.98 Å². The Balaban J connectivity index is 1.81. The molecule has 3 rings (SSSR count). The molecule has 1 atom stereocenters. The van der Waals surface area contributed by atoms with Gasteiger partial charge in [0.15, 0.2) is 5.13 Å². The minimum atomic E-state index is -0.546. The van der Waals surface area contributed by atoms with Gasteiger partial charge in [0.05, 0.1) is 15.6 Å². The summed E-state index contributed by atoms with van der Waals surface area (Å²) >= 11 is 7.58. The summed E-state index contributed by atoms with van der Waals surface area (Å²) in [6.45, 7) is 1.92. The Hall–Kier alpha value is -1.59. The fraction of sp³-hybridized carbons (Fsp3) is 0.286. The fourth-order valence-corrected chi connectivity index (χ4v) is 3.24. The van der Waals surface area contributed by atoms with Crippen LogP contribution in [0.15, 0.2) is 30.5 Å². The number of ether oxygens (including phenoxy) is 1. The van der Waals surface area contributed by atoms with Crippen molar-refractivity contribution in [3.8, 4) is 0 Å². The van der Waals surface area contributed by atoms with Gasteiger partial charge in [0.25, 0.3) is 0 Å². The van der Waals surface area contributed by atoms with Crippen molar-refractivity contribution < 1.29 is 9.53 Å². The van der Waals surface area contributed by atoms with Crippen LogP contribution < -0.4 is 5.32 Å². The molecule has 0 bridgehead atoms. The number of nitrogens with zero attached hydrogens (tertiary/aromatic N) is 1. The predicted octanol–water partition coefficient (Wildman–Crippen LogP) is 4.09. The molecule has 0 spiro atoms. The molecule has 1 unspecified atom stereocenters. The molecule has 1 aromatic carbocycles. The molecule has 0 saturated carbocycles. The summed E-state index contributed by atoms with van der Waals surface area (Å²) in [6, 6.07) is 7.49. The number of hydrogen-bond acceptors (Lipinski definition) is 5. The van der Waals surface area contributed by atoms with Gasteiger partial charge >= 0.3 is 5.97 Å². The van der Waals surface area contributed by atoms with Gasteiger partial charge in [-0.15, -0.1) is 0 Å². The first kappa shape index (κ1) is 13.4. The summed E-state index contributed by atoms with van der Waals surface area (Å²) in [7, 11) is 0. The molecule has 20 heavy (non-hydrogen) atoms. The first-order valence-electron chi connectivity index (χ1n) is 6.26. The van der Waals surface area contributed by atoms with Gasteiger partial charge in [0, 0.05) is 19.0 Å². The summed E-state index contributed by atoms with van der Waals surface area (Å²) in [4.78, 5) is 16.6. The van der Waals surface area contributed by atoms with Gasteiger partial charge in [-0.3, -0.25) is 4.79 Å². The highest BCUT2D eigenvalue weighted by Gasteiger charge is 2.39. The zero-order chi connectivity index (χ0) is 14.2. The lowest BCUT2D eigenvalue weighted by Gasteiger charge is -2.19. The van der Waals surface area contributed by atoms with E-state index in [-0.39, 0.29) is 5.97 Å². The van der Waals surface area contributed by atoms with Crippen LogP contribution in [0.1, 0.15) is 24.6 Å². The van der Waals surface area contributed by atoms with Crippen LogP contribution in [0.3, 0.4) is 0 Å². The van der Waals surface area contributed by atoms with Crippen LogP contribution in [0.5, 0.6) is 0 Å². The summed E-state index contributed by atoms with van der Waals surface area (Å²) in [5, 5.41) is 4.55. The Bertz CT molecular complexity index is 658. The molecule has 1 N–H and O–H groups in total. The Morgan fingerprint density at radius 3 is 2.95 bits per heavy atom. The number of carbonyl (C=O) groups excluding carboxylic acids is 1. The molecule has 0 aliphatic carbocycles. The lowest BCUT2D eigenvalue weighted by Crippen LogP contribution is -2.19. The standard InChI is InChI=1S/C14H13ClN2O2S/c1-14(7-6-12(18)19-14)11-8-16-13(20-11)17-10-5-3-2-4-9(10)15/h2-5,8H,6-7H2,1H3,(H,16,17). The number of carbonyl (C=O) groups is 1. The molecule has 104 valence electrons. The Labute approximate surface area is 125 Å². The molecule has 1 saturated heterocycles. The minimum absolute atomic E-state index is 0.151. The monoisotopic (exact) mass is 308 g/mol. The molecule has 2 aromatic rings. The van der Waals surface area contributed by atoms with Gasteiger partial charge in [-0.2, -0.15) is 0 Å². The minimum Gasteiger partial charge on any atom is -0.454 e. The molecule has 2 heterocycles. The molecule has 1 aliphatic rings. The van der Waals surface area contributed by atoms with Crippen molar-refractivity contribution in [2.24, 2.45) is 0 Å². The Morgan fingerprint density at radius 1 is 1.45 bits per heavy atom. The largest absolute Gasteiger partial charge is 0.454 e. The van der Waals surface area contributed by atoms with E-state index >= 15 is 0 Å². The van der Waals surface area contributed by atoms with E-state index in [1.165, 1.54) is 11.3 Å². The lowest BCUT2D eigenvalue weighted by molar-refractivity contribution is -0.147. The maximum absolute atomic E-state index is 11.3. The van der Waals surface area contributed by atoms with Crippen molar-refractivity contribution in [2.75, 3.05) is 5.32 Å². The summed E-state index contributed by atoms with van der Waals surface area (Å²) in [5.41, 5.74) is 0.262. The third-order valence-electron chi connectivity index (χ3n) is 3.29. The number of thiazole rings is 1. The normalized spacial score (nSPS) is 21.8. The van der Waals surface area contributed by atoms with Gasteiger partial charge in [-0.1, -0.05) is 35.1 Å². The van der Waals surface area contributed by atoms with E-state index in [2.05, 4.69) is 10.3 Å². The van der Waals surface area contributed by atoms with Crippen molar-refractivity contribution in [3.05, 3.63) is 40.4 Å². The highest BCUT2D eigenvalue weighted by Crippen LogP contribution is 2.40. The van der Waals surface area contributed by atoms with E-state index in [9.17, 15) is 4.79 Å². The number of esters is 1. The maximum Gasteiger partial charge on any atom is 0.306 e. The zero-order valence-electron chi connectivity index (χ0n) is 10.9. The second-order valence-electron chi connectivity index (χ2n) is 4.84. The van der Waals surface area contributed by atoms with Crippen LogP contribution in [0, 0.1) is 0 Å². The van der Waals surface area contributed by atoms with Crippen LogP contribution in [0.25, 0.3) is 0 Å². The SMILES string of the molecule is CC1(c2cnc(Nc3ccccc3Cl)s2)CCC(=O)O1. The number of halogens is 1. The summed E-state index contributed by atoms with van der Waals surface area (Å²) in [5.74, 6) is -0.151.